The molecule has 17 heavy (non-hydrogen) atoms. The van der Waals surface area contributed by atoms with Crippen LogP contribution in [0.4, 0.5) is 0 Å². The fraction of sp³-hybridized carbons (Fsp3) is 0.214. The molecule has 0 amide bonds. The summed E-state index contributed by atoms with van der Waals surface area (Å²) in [5.41, 5.74) is 1.49. The first kappa shape index (κ1) is 11.6. The highest BCUT2D eigenvalue weighted by molar-refractivity contribution is 5.87. The van der Waals surface area contributed by atoms with Gasteiger partial charge in [-0.2, -0.15) is 5.26 Å². The third kappa shape index (κ3) is 2.01. The van der Waals surface area contributed by atoms with E-state index in [0.29, 0.717) is 5.56 Å². The van der Waals surface area contributed by atoms with Crippen LogP contribution in [0.25, 0.3) is 10.8 Å². The topological polar surface area (TPSA) is 64.2 Å². The van der Waals surface area contributed by atoms with Crippen molar-refractivity contribution in [2.45, 2.75) is 19.1 Å². The fourth-order valence-corrected chi connectivity index (χ4v) is 2.03. The average Bonchev–Trinajstić information content (AvgIpc) is 2.37. The summed E-state index contributed by atoms with van der Waals surface area (Å²) in [6.07, 6.45) is -2.58. The summed E-state index contributed by atoms with van der Waals surface area (Å²) in [5, 5.41) is 30.0. The van der Waals surface area contributed by atoms with Crippen LogP contribution in [-0.2, 0) is 0 Å². The highest BCUT2D eigenvalue weighted by Crippen LogP contribution is 2.29. The van der Waals surface area contributed by atoms with Gasteiger partial charge in [0.2, 0.25) is 0 Å². The SMILES string of the molecule is Cc1ccc2ccccc2c1C(O)C(O)C#N. The van der Waals surface area contributed by atoms with Gasteiger partial charge in [0, 0.05) is 0 Å². The van der Waals surface area contributed by atoms with Crippen LogP contribution < -0.4 is 0 Å². The standard InChI is InChI=1S/C14H13NO2/c1-9-6-7-10-4-2-3-5-11(10)13(9)14(17)12(16)8-15/h2-7,12,14,16-17H,1H3. The van der Waals surface area contributed by atoms with Gasteiger partial charge in [0.15, 0.2) is 6.10 Å². The van der Waals surface area contributed by atoms with E-state index in [-0.39, 0.29) is 0 Å². The molecule has 0 fully saturated rings. The van der Waals surface area contributed by atoms with Gasteiger partial charge in [0.25, 0.3) is 0 Å². The molecule has 86 valence electrons. The van der Waals surface area contributed by atoms with Crippen molar-refractivity contribution in [1.82, 2.24) is 0 Å². The minimum absolute atomic E-state index is 0.622. The molecule has 0 heterocycles. The van der Waals surface area contributed by atoms with E-state index < -0.39 is 12.2 Å². The van der Waals surface area contributed by atoms with Gasteiger partial charge in [-0.25, -0.2) is 0 Å². The van der Waals surface area contributed by atoms with Crippen LogP contribution in [0.15, 0.2) is 36.4 Å². The maximum Gasteiger partial charge on any atom is 0.170 e. The van der Waals surface area contributed by atoms with Crippen LogP contribution in [0.2, 0.25) is 0 Å². The molecule has 0 saturated heterocycles. The van der Waals surface area contributed by atoms with Crippen LogP contribution in [0.3, 0.4) is 0 Å². The Kier molecular flexibility index (Phi) is 3.10. The van der Waals surface area contributed by atoms with Crippen LogP contribution >= 0.6 is 0 Å². The Labute approximate surface area is 99.6 Å². The van der Waals surface area contributed by atoms with Crippen LogP contribution in [0, 0.1) is 18.3 Å². The summed E-state index contributed by atoms with van der Waals surface area (Å²) >= 11 is 0. The third-order valence-corrected chi connectivity index (χ3v) is 2.92. The van der Waals surface area contributed by atoms with Crippen molar-refractivity contribution < 1.29 is 10.2 Å². The van der Waals surface area contributed by atoms with Crippen LogP contribution in [0.5, 0.6) is 0 Å². The summed E-state index contributed by atoms with van der Waals surface area (Å²) in [4.78, 5) is 0. The molecule has 2 atom stereocenters. The van der Waals surface area contributed by atoms with Crippen molar-refractivity contribution in [1.29, 1.82) is 5.26 Å². The Balaban J connectivity index is 2.67. The summed E-state index contributed by atoms with van der Waals surface area (Å²) < 4.78 is 0. The summed E-state index contributed by atoms with van der Waals surface area (Å²) in [7, 11) is 0. The number of rotatable bonds is 2. The lowest BCUT2D eigenvalue weighted by Crippen LogP contribution is -2.17. The molecule has 0 aromatic heterocycles. The first-order valence-electron chi connectivity index (χ1n) is 5.39. The largest absolute Gasteiger partial charge is 0.385 e. The van der Waals surface area contributed by atoms with Gasteiger partial charge in [0.05, 0.1) is 6.07 Å². The smallest absolute Gasteiger partial charge is 0.170 e. The summed E-state index contributed by atoms with van der Waals surface area (Å²) in [5.74, 6) is 0. The van der Waals surface area contributed by atoms with Gasteiger partial charge in [0.1, 0.15) is 6.10 Å². The van der Waals surface area contributed by atoms with E-state index in [0.717, 1.165) is 16.3 Å². The monoisotopic (exact) mass is 227 g/mol. The molecule has 0 aliphatic carbocycles. The van der Waals surface area contributed by atoms with E-state index in [9.17, 15) is 10.2 Å². The van der Waals surface area contributed by atoms with Crippen molar-refractivity contribution in [3.63, 3.8) is 0 Å². The van der Waals surface area contributed by atoms with Crippen molar-refractivity contribution >= 4 is 10.8 Å². The highest BCUT2D eigenvalue weighted by Gasteiger charge is 2.21. The molecule has 0 saturated carbocycles. The lowest BCUT2D eigenvalue weighted by molar-refractivity contribution is 0.0534. The molecule has 2 aromatic rings. The highest BCUT2D eigenvalue weighted by atomic mass is 16.3. The molecule has 0 spiro atoms. The van der Waals surface area contributed by atoms with E-state index in [1.54, 1.807) is 6.07 Å². The molecule has 2 unspecified atom stereocenters. The van der Waals surface area contributed by atoms with Crippen molar-refractivity contribution in [3.8, 4) is 6.07 Å². The van der Waals surface area contributed by atoms with Crippen molar-refractivity contribution in [2.75, 3.05) is 0 Å². The van der Waals surface area contributed by atoms with E-state index in [4.69, 9.17) is 5.26 Å². The molecule has 3 heteroatoms. The van der Waals surface area contributed by atoms with E-state index in [2.05, 4.69) is 0 Å². The fourth-order valence-electron chi connectivity index (χ4n) is 2.03. The molecule has 2 N–H and O–H groups in total. The number of aliphatic hydroxyl groups excluding tert-OH is 2. The number of fused-ring (bicyclic) bond motifs is 1. The predicted octanol–water partition coefficient (Wildman–Crippen LogP) is 2.07. The second-order valence-electron chi connectivity index (χ2n) is 4.04. The van der Waals surface area contributed by atoms with Gasteiger partial charge in [-0.15, -0.1) is 0 Å². The van der Waals surface area contributed by atoms with E-state index in [1.807, 2.05) is 43.3 Å². The number of benzene rings is 2. The second-order valence-corrected chi connectivity index (χ2v) is 4.04. The lowest BCUT2D eigenvalue weighted by Gasteiger charge is -2.17. The molecular formula is C14H13NO2. The van der Waals surface area contributed by atoms with Crippen molar-refractivity contribution in [3.05, 3.63) is 47.5 Å². The zero-order valence-corrected chi connectivity index (χ0v) is 9.46. The number of aryl methyl sites for hydroxylation is 1. The Morgan fingerprint density at radius 3 is 2.53 bits per heavy atom. The average molecular weight is 227 g/mol. The molecule has 2 rings (SSSR count). The van der Waals surface area contributed by atoms with Crippen LogP contribution in [-0.4, -0.2) is 16.3 Å². The normalized spacial score (nSPS) is 14.2. The minimum atomic E-state index is -1.40. The van der Waals surface area contributed by atoms with Crippen LogP contribution in [0.1, 0.15) is 17.2 Å². The van der Waals surface area contributed by atoms with E-state index in [1.165, 1.54) is 0 Å². The maximum absolute atomic E-state index is 10.00. The Hall–Kier alpha value is -1.89. The number of nitriles is 1. The number of nitrogens with zero attached hydrogens (tertiary/aromatic N) is 1. The first-order valence-corrected chi connectivity index (χ1v) is 5.39. The Bertz CT molecular complexity index is 586. The third-order valence-electron chi connectivity index (χ3n) is 2.92. The Morgan fingerprint density at radius 2 is 1.82 bits per heavy atom. The molecule has 0 radical (unpaired) electrons. The molecule has 0 aliphatic rings. The minimum Gasteiger partial charge on any atom is -0.385 e. The van der Waals surface area contributed by atoms with Gasteiger partial charge in [-0.1, -0.05) is 36.4 Å². The van der Waals surface area contributed by atoms with Gasteiger partial charge >= 0.3 is 0 Å². The van der Waals surface area contributed by atoms with Crippen molar-refractivity contribution in [2.24, 2.45) is 0 Å². The zero-order valence-electron chi connectivity index (χ0n) is 9.46. The number of aliphatic hydroxyl groups is 2. The quantitative estimate of drug-likeness (QED) is 0.772. The van der Waals surface area contributed by atoms with E-state index >= 15 is 0 Å². The number of hydrogen-bond acceptors (Lipinski definition) is 3. The molecule has 0 bridgehead atoms. The zero-order chi connectivity index (χ0) is 12.4. The summed E-state index contributed by atoms with van der Waals surface area (Å²) in [6, 6.07) is 13.1. The molecule has 3 nitrogen and oxygen atoms in total. The molecule has 2 aromatic carbocycles. The predicted molar refractivity (Wildman–Crippen MR) is 65.3 cm³/mol. The van der Waals surface area contributed by atoms with Gasteiger partial charge < -0.3 is 10.2 Å². The van der Waals surface area contributed by atoms with Gasteiger partial charge in [-0.05, 0) is 28.8 Å². The lowest BCUT2D eigenvalue weighted by atomic mass is 9.93. The second kappa shape index (κ2) is 4.54. The molecule has 0 aliphatic heterocycles. The first-order chi connectivity index (χ1) is 8.15. The number of hydrogen-bond donors (Lipinski definition) is 2. The Morgan fingerprint density at radius 1 is 1.12 bits per heavy atom. The maximum atomic E-state index is 10.00. The molecular weight excluding hydrogens is 214 g/mol. The van der Waals surface area contributed by atoms with Gasteiger partial charge in [-0.3, -0.25) is 0 Å². The summed E-state index contributed by atoms with van der Waals surface area (Å²) in [6.45, 7) is 1.86.